The highest BCUT2D eigenvalue weighted by atomic mass is 16.1. The van der Waals surface area contributed by atoms with Crippen molar-refractivity contribution < 1.29 is 0 Å². The number of H-pyrrole nitrogens is 1. The average Bonchev–Trinajstić information content (AvgIpc) is 2.49. The molecule has 1 N–H and O–H groups in total. The van der Waals surface area contributed by atoms with Crippen molar-refractivity contribution in [2.75, 3.05) is 6.54 Å². The normalized spacial score (nSPS) is 15.4. The minimum absolute atomic E-state index is 0.0383. The molecule has 3 rings (SSSR count). The lowest BCUT2D eigenvalue weighted by Crippen LogP contribution is -2.36. The van der Waals surface area contributed by atoms with Crippen molar-refractivity contribution in [3.63, 3.8) is 0 Å². The van der Waals surface area contributed by atoms with Crippen molar-refractivity contribution in [1.29, 1.82) is 0 Å². The molecule has 0 atom stereocenters. The predicted molar refractivity (Wildman–Crippen MR) is 97.3 cm³/mol. The summed E-state index contributed by atoms with van der Waals surface area (Å²) >= 11 is 0. The Balaban J connectivity index is 1.87. The Bertz CT molecular complexity index is 815. The Morgan fingerprint density at radius 1 is 1.25 bits per heavy atom. The van der Waals surface area contributed by atoms with Gasteiger partial charge in [-0.05, 0) is 31.4 Å². The Morgan fingerprint density at radius 3 is 2.71 bits per heavy atom. The van der Waals surface area contributed by atoms with Gasteiger partial charge in [0.05, 0.1) is 5.69 Å². The van der Waals surface area contributed by atoms with Crippen molar-refractivity contribution in [1.82, 2.24) is 14.9 Å². The molecule has 0 amide bonds. The van der Waals surface area contributed by atoms with E-state index in [9.17, 15) is 4.79 Å². The standard InChI is InChI=1S/C20H27N3O/c1-13-6-7-14(2)15(10-13)11-23-9-8-16-17(12-23)21-19(20(3,4)5)22-18(16)24/h6-7,10H,8-9,11-12H2,1-5H3,(H,21,22,24). The van der Waals surface area contributed by atoms with E-state index >= 15 is 0 Å². The molecule has 0 aliphatic carbocycles. The second kappa shape index (κ2) is 6.17. The largest absolute Gasteiger partial charge is 0.310 e. The summed E-state index contributed by atoms with van der Waals surface area (Å²) in [5, 5.41) is 0. The second-order valence-corrected chi connectivity index (χ2v) is 7.98. The smallest absolute Gasteiger partial charge is 0.254 e. The Morgan fingerprint density at radius 2 is 2.00 bits per heavy atom. The van der Waals surface area contributed by atoms with Gasteiger partial charge in [-0.1, -0.05) is 44.5 Å². The van der Waals surface area contributed by atoms with Gasteiger partial charge < -0.3 is 4.98 Å². The lowest BCUT2D eigenvalue weighted by Gasteiger charge is -2.29. The summed E-state index contributed by atoms with van der Waals surface area (Å²) in [5.41, 5.74) is 5.66. The topological polar surface area (TPSA) is 49.0 Å². The summed E-state index contributed by atoms with van der Waals surface area (Å²) < 4.78 is 0. The maximum absolute atomic E-state index is 12.4. The molecule has 2 aromatic rings. The van der Waals surface area contributed by atoms with Crippen LogP contribution in [0.2, 0.25) is 0 Å². The first-order valence-corrected chi connectivity index (χ1v) is 8.65. The second-order valence-electron chi connectivity index (χ2n) is 7.98. The molecule has 4 nitrogen and oxygen atoms in total. The lowest BCUT2D eigenvalue weighted by molar-refractivity contribution is 0.239. The number of nitrogens with zero attached hydrogens (tertiary/aromatic N) is 2. The first-order valence-electron chi connectivity index (χ1n) is 8.65. The number of nitrogens with one attached hydrogen (secondary N) is 1. The van der Waals surface area contributed by atoms with Crippen LogP contribution < -0.4 is 5.56 Å². The van der Waals surface area contributed by atoms with E-state index in [1.54, 1.807) is 0 Å². The number of aryl methyl sites for hydroxylation is 2. The van der Waals surface area contributed by atoms with E-state index in [1.807, 2.05) is 0 Å². The molecule has 0 saturated heterocycles. The van der Waals surface area contributed by atoms with Crippen molar-refractivity contribution in [2.24, 2.45) is 0 Å². The molecule has 1 aromatic heterocycles. The van der Waals surface area contributed by atoms with Crippen LogP contribution in [0.25, 0.3) is 0 Å². The van der Waals surface area contributed by atoms with Gasteiger partial charge in [-0.25, -0.2) is 4.98 Å². The number of aromatic amines is 1. The molecule has 2 heterocycles. The fraction of sp³-hybridized carbons (Fsp3) is 0.500. The molecule has 0 unspecified atom stereocenters. The van der Waals surface area contributed by atoms with Crippen molar-refractivity contribution in [2.45, 2.75) is 59.5 Å². The summed E-state index contributed by atoms with van der Waals surface area (Å²) in [5.74, 6) is 0.778. The maximum Gasteiger partial charge on any atom is 0.254 e. The average molecular weight is 325 g/mol. The van der Waals surface area contributed by atoms with Gasteiger partial charge in [-0.15, -0.1) is 0 Å². The number of rotatable bonds is 2. The van der Waals surface area contributed by atoms with Gasteiger partial charge in [0.15, 0.2) is 0 Å². The molecular weight excluding hydrogens is 298 g/mol. The fourth-order valence-electron chi connectivity index (χ4n) is 3.20. The van der Waals surface area contributed by atoms with Gasteiger partial charge in [-0.2, -0.15) is 0 Å². The van der Waals surface area contributed by atoms with Crippen LogP contribution in [0.3, 0.4) is 0 Å². The van der Waals surface area contributed by atoms with Crippen LogP contribution in [-0.4, -0.2) is 21.4 Å². The molecule has 0 fully saturated rings. The van der Waals surface area contributed by atoms with Crippen molar-refractivity contribution in [3.8, 4) is 0 Å². The number of hydrogen-bond donors (Lipinski definition) is 1. The van der Waals surface area contributed by atoms with E-state index in [0.29, 0.717) is 0 Å². The molecule has 4 heteroatoms. The number of fused-ring (bicyclic) bond motifs is 1. The van der Waals surface area contributed by atoms with E-state index < -0.39 is 0 Å². The van der Waals surface area contributed by atoms with Crippen LogP contribution in [0.15, 0.2) is 23.0 Å². The number of benzene rings is 1. The zero-order valence-corrected chi connectivity index (χ0v) is 15.4. The lowest BCUT2D eigenvalue weighted by atomic mass is 9.94. The van der Waals surface area contributed by atoms with Crippen LogP contribution >= 0.6 is 0 Å². The highest BCUT2D eigenvalue weighted by Crippen LogP contribution is 2.22. The van der Waals surface area contributed by atoms with Crippen LogP contribution in [-0.2, 0) is 24.9 Å². The highest BCUT2D eigenvalue weighted by molar-refractivity contribution is 5.31. The molecule has 0 bridgehead atoms. The van der Waals surface area contributed by atoms with Crippen LogP contribution in [0, 0.1) is 13.8 Å². The zero-order chi connectivity index (χ0) is 17.5. The first-order chi connectivity index (χ1) is 11.2. The summed E-state index contributed by atoms with van der Waals surface area (Å²) in [6.45, 7) is 13.1. The SMILES string of the molecule is Cc1ccc(C)c(CN2CCc3c(nc(C(C)(C)C)[nH]c3=O)C2)c1. The molecule has 0 spiro atoms. The zero-order valence-electron chi connectivity index (χ0n) is 15.4. The van der Waals surface area contributed by atoms with Gasteiger partial charge in [0, 0.05) is 30.6 Å². The Kier molecular flexibility index (Phi) is 4.35. The molecule has 1 aliphatic rings. The van der Waals surface area contributed by atoms with E-state index in [-0.39, 0.29) is 11.0 Å². The van der Waals surface area contributed by atoms with Gasteiger partial charge in [0.2, 0.25) is 0 Å². The molecule has 1 aliphatic heterocycles. The molecule has 1 aromatic carbocycles. The number of aromatic nitrogens is 2. The molecule has 24 heavy (non-hydrogen) atoms. The Hall–Kier alpha value is -1.94. The van der Waals surface area contributed by atoms with E-state index in [0.717, 1.165) is 43.1 Å². The Labute approximate surface area is 143 Å². The quantitative estimate of drug-likeness (QED) is 0.922. The summed E-state index contributed by atoms with van der Waals surface area (Å²) in [6, 6.07) is 6.60. The maximum atomic E-state index is 12.4. The van der Waals surface area contributed by atoms with Gasteiger partial charge in [-0.3, -0.25) is 9.69 Å². The van der Waals surface area contributed by atoms with Crippen LogP contribution in [0.5, 0.6) is 0 Å². The van der Waals surface area contributed by atoms with Gasteiger partial charge >= 0.3 is 0 Å². The molecular formula is C20H27N3O. The highest BCUT2D eigenvalue weighted by Gasteiger charge is 2.24. The predicted octanol–water partition coefficient (Wildman–Crippen LogP) is 3.24. The first kappa shape index (κ1) is 16.9. The minimum Gasteiger partial charge on any atom is -0.310 e. The van der Waals surface area contributed by atoms with E-state index in [4.69, 9.17) is 4.98 Å². The summed E-state index contributed by atoms with van der Waals surface area (Å²) in [6.07, 6.45) is 0.771. The third-order valence-corrected chi connectivity index (χ3v) is 4.76. The summed E-state index contributed by atoms with van der Waals surface area (Å²) in [7, 11) is 0. The fourth-order valence-corrected chi connectivity index (χ4v) is 3.20. The van der Waals surface area contributed by atoms with Crippen molar-refractivity contribution in [3.05, 3.63) is 62.3 Å². The molecule has 128 valence electrons. The number of hydrogen-bond acceptors (Lipinski definition) is 3. The third kappa shape index (κ3) is 3.44. The van der Waals surface area contributed by atoms with Gasteiger partial charge in [0.1, 0.15) is 5.82 Å². The van der Waals surface area contributed by atoms with Crippen LogP contribution in [0.1, 0.15) is 54.5 Å². The molecule has 0 radical (unpaired) electrons. The van der Waals surface area contributed by atoms with Crippen LogP contribution in [0.4, 0.5) is 0 Å². The minimum atomic E-state index is -0.149. The molecule has 0 saturated carbocycles. The van der Waals surface area contributed by atoms with E-state index in [1.165, 1.54) is 16.7 Å². The van der Waals surface area contributed by atoms with E-state index in [2.05, 4.69) is 62.7 Å². The van der Waals surface area contributed by atoms with Crippen molar-refractivity contribution >= 4 is 0 Å². The monoisotopic (exact) mass is 325 g/mol. The third-order valence-electron chi connectivity index (χ3n) is 4.76. The van der Waals surface area contributed by atoms with Gasteiger partial charge in [0.25, 0.3) is 5.56 Å². The summed E-state index contributed by atoms with van der Waals surface area (Å²) in [4.78, 5) is 22.5.